The Morgan fingerprint density at radius 3 is 2.47 bits per heavy atom. The van der Waals surface area contributed by atoms with Crippen LogP contribution in [0.3, 0.4) is 0 Å². The summed E-state index contributed by atoms with van der Waals surface area (Å²) < 4.78 is 31.6. The Morgan fingerprint density at radius 2 is 1.83 bits per heavy atom. The number of nitriles is 1. The highest BCUT2D eigenvalue weighted by molar-refractivity contribution is 7.92. The lowest BCUT2D eigenvalue weighted by atomic mass is 10.1. The summed E-state index contributed by atoms with van der Waals surface area (Å²) in [5.41, 5.74) is 7.10. The quantitative estimate of drug-likeness (QED) is 0.416. The summed E-state index contributed by atoms with van der Waals surface area (Å²) in [7, 11) is -3.69. The molecule has 0 atom stereocenters. The van der Waals surface area contributed by atoms with E-state index in [9.17, 15) is 18.0 Å². The van der Waals surface area contributed by atoms with Crippen LogP contribution in [0.1, 0.15) is 27.0 Å². The predicted octanol–water partition coefficient (Wildman–Crippen LogP) is 2.97. The highest BCUT2D eigenvalue weighted by atomic mass is 35.5. The Balaban J connectivity index is 1.84. The standard InChI is InChI=1S/C25H23ClN4O5S/c1-36(33,34)30(15-17-5-3-2-4-6-17)22-11-20(10-21(26)12-22)25(32)29-14-19-8-7-18(13-27)9-23(19)35-16-24(28)31/h2-12H,14-16H2,1H3,(H2,28,31)(H,29,32). The van der Waals surface area contributed by atoms with E-state index in [1.54, 1.807) is 36.4 Å². The maximum atomic E-state index is 12.9. The van der Waals surface area contributed by atoms with Crippen LogP contribution in [0.25, 0.3) is 0 Å². The molecule has 186 valence electrons. The fourth-order valence-electron chi connectivity index (χ4n) is 3.33. The van der Waals surface area contributed by atoms with Crippen molar-refractivity contribution in [3.63, 3.8) is 0 Å². The van der Waals surface area contributed by atoms with Gasteiger partial charge in [-0.25, -0.2) is 8.42 Å². The van der Waals surface area contributed by atoms with E-state index < -0.39 is 28.4 Å². The maximum Gasteiger partial charge on any atom is 0.255 e. The predicted molar refractivity (Wildman–Crippen MR) is 136 cm³/mol. The van der Waals surface area contributed by atoms with E-state index >= 15 is 0 Å². The zero-order valence-corrected chi connectivity index (χ0v) is 20.8. The van der Waals surface area contributed by atoms with Crippen LogP contribution < -0.4 is 20.1 Å². The van der Waals surface area contributed by atoms with Gasteiger partial charge in [-0.15, -0.1) is 0 Å². The van der Waals surface area contributed by atoms with Crippen molar-refractivity contribution in [2.45, 2.75) is 13.1 Å². The third kappa shape index (κ3) is 7.21. The van der Waals surface area contributed by atoms with Gasteiger partial charge in [0, 0.05) is 22.7 Å². The van der Waals surface area contributed by atoms with E-state index in [1.165, 1.54) is 28.6 Å². The van der Waals surface area contributed by atoms with E-state index in [-0.39, 0.29) is 35.1 Å². The topological polar surface area (TPSA) is 143 Å². The molecule has 3 aromatic carbocycles. The van der Waals surface area contributed by atoms with E-state index in [4.69, 9.17) is 27.3 Å². The van der Waals surface area contributed by atoms with Crippen molar-refractivity contribution in [1.29, 1.82) is 5.26 Å². The number of halogens is 1. The fraction of sp³-hybridized carbons (Fsp3) is 0.160. The highest BCUT2D eigenvalue weighted by Crippen LogP contribution is 2.27. The second-order valence-corrected chi connectivity index (χ2v) is 10.2. The third-order valence-corrected chi connectivity index (χ3v) is 6.37. The minimum Gasteiger partial charge on any atom is -0.483 e. The average molecular weight is 527 g/mol. The van der Waals surface area contributed by atoms with Crippen LogP contribution >= 0.6 is 11.6 Å². The number of nitrogens with one attached hydrogen (secondary N) is 1. The fourth-order valence-corrected chi connectivity index (χ4v) is 4.43. The molecular formula is C25H23ClN4O5S. The summed E-state index contributed by atoms with van der Waals surface area (Å²) in [5.74, 6) is -0.979. The van der Waals surface area contributed by atoms with Crippen LogP contribution in [0.4, 0.5) is 5.69 Å². The summed E-state index contributed by atoms with van der Waals surface area (Å²) in [5, 5.41) is 12.0. The molecule has 9 nitrogen and oxygen atoms in total. The zero-order chi connectivity index (χ0) is 26.3. The van der Waals surface area contributed by atoms with Crippen LogP contribution in [0.15, 0.2) is 66.7 Å². The molecule has 3 N–H and O–H groups in total. The number of amides is 2. The van der Waals surface area contributed by atoms with E-state index in [2.05, 4.69) is 5.32 Å². The summed E-state index contributed by atoms with van der Waals surface area (Å²) in [6, 6.07) is 19.9. The van der Waals surface area contributed by atoms with Crippen molar-refractivity contribution >= 4 is 39.1 Å². The van der Waals surface area contributed by atoms with Gasteiger partial charge in [0.15, 0.2) is 6.61 Å². The van der Waals surface area contributed by atoms with Gasteiger partial charge in [-0.3, -0.25) is 13.9 Å². The summed E-state index contributed by atoms with van der Waals surface area (Å²) >= 11 is 6.24. The molecule has 0 fully saturated rings. The Bertz CT molecular complexity index is 1420. The van der Waals surface area contributed by atoms with Crippen molar-refractivity contribution in [2.75, 3.05) is 17.2 Å². The SMILES string of the molecule is CS(=O)(=O)N(Cc1ccccc1)c1cc(Cl)cc(C(=O)NCc2ccc(C#N)cc2OCC(N)=O)c1. The normalized spacial score (nSPS) is 10.8. The van der Waals surface area contributed by atoms with Gasteiger partial charge in [0.05, 0.1) is 30.1 Å². The molecule has 3 aromatic rings. The van der Waals surface area contributed by atoms with Crippen molar-refractivity contribution in [3.05, 3.63) is 94.0 Å². The first kappa shape index (κ1) is 26.5. The number of nitrogens with zero attached hydrogens (tertiary/aromatic N) is 2. The lowest BCUT2D eigenvalue weighted by Crippen LogP contribution is -2.30. The molecule has 0 radical (unpaired) electrons. The molecule has 0 aliphatic rings. The number of anilines is 1. The van der Waals surface area contributed by atoms with Gasteiger partial charge in [0.25, 0.3) is 11.8 Å². The molecule has 0 heterocycles. The molecule has 0 saturated heterocycles. The second kappa shape index (κ2) is 11.6. The zero-order valence-electron chi connectivity index (χ0n) is 19.3. The molecule has 36 heavy (non-hydrogen) atoms. The van der Waals surface area contributed by atoms with Gasteiger partial charge in [-0.05, 0) is 35.9 Å². The lowest BCUT2D eigenvalue weighted by Gasteiger charge is -2.23. The molecule has 0 aliphatic heterocycles. The monoisotopic (exact) mass is 526 g/mol. The summed E-state index contributed by atoms with van der Waals surface area (Å²) in [4.78, 5) is 24.0. The van der Waals surface area contributed by atoms with Crippen molar-refractivity contribution < 1.29 is 22.7 Å². The first-order valence-corrected chi connectivity index (χ1v) is 12.8. The molecule has 11 heteroatoms. The number of hydrogen-bond donors (Lipinski definition) is 2. The Labute approximate surface area is 214 Å². The molecule has 0 spiro atoms. The molecule has 0 saturated carbocycles. The molecule has 0 aliphatic carbocycles. The van der Waals surface area contributed by atoms with E-state index in [0.29, 0.717) is 11.1 Å². The Kier molecular flexibility index (Phi) is 8.53. The van der Waals surface area contributed by atoms with Crippen molar-refractivity contribution in [1.82, 2.24) is 5.32 Å². The van der Waals surface area contributed by atoms with Crippen molar-refractivity contribution in [2.24, 2.45) is 5.73 Å². The van der Waals surface area contributed by atoms with Crippen LogP contribution in [-0.2, 0) is 27.9 Å². The highest BCUT2D eigenvalue weighted by Gasteiger charge is 2.20. The number of rotatable bonds is 10. The minimum atomic E-state index is -3.69. The molecule has 0 bridgehead atoms. The largest absolute Gasteiger partial charge is 0.483 e. The minimum absolute atomic E-state index is 0.000288. The summed E-state index contributed by atoms with van der Waals surface area (Å²) in [6.07, 6.45) is 1.08. The molecule has 0 unspecified atom stereocenters. The smallest absolute Gasteiger partial charge is 0.255 e. The number of carbonyl (C=O) groups excluding carboxylic acids is 2. The van der Waals surface area contributed by atoms with Gasteiger partial charge in [0.2, 0.25) is 10.0 Å². The first-order chi connectivity index (χ1) is 17.1. The van der Waals surface area contributed by atoms with E-state index in [0.717, 1.165) is 11.8 Å². The van der Waals surface area contributed by atoms with Crippen LogP contribution in [0.5, 0.6) is 5.75 Å². The molecule has 3 rings (SSSR count). The molecule has 2 amide bonds. The number of carbonyl (C=O) groups is 2. The van der Waals surface area contributed by atoms with Gasteiger partial charge in [-0.2, -0.15) is 5.26 Å². The number of hydrogen-bond acceptors (Lipinski definition) is 6. The van der Waals surface area contributed by atoms with Crippen LogP contribution in [-0.4, -0.2) is 33.1 Å². The Morgan fingerprint density at radius 1 is 1.11 bits per heavy atom. The Hall–Kier alpha value is -4.07. The number of nitrogens with two attached hydrogens (primary N) is 1. The lowest BCUT2D eigenvalue weighted by molar-refractivity contribution is -0.119. The molecular weight excluding hydrogens is 504 g/mol. The van der Waals surface area contributed by atoms with Gasteiger partial charge >= 0.3 is 0 Å². The number of benzene rings is 3. The molecule has 0 aromatic heterocycles. The average Bonchev–Trinajstić information content (AvgIpc) is 2.84. The maximum absolute atomic E-state index is 12.9. The summed E-state index contributed by atoms with van der Waals surface area (Å²) in [6.45, 7) is -0.330. The van der Waals surface area contributed by atoms with E-state index in [1.807, 2.05) is 12.1 Å². The number of sulfonamides is 1. The van der Waals surface area contributed by atoms with Crippen molar-refractivity contribution in [3.8, 4) is 11.8 Å². The van der Waals surface area contributed by atoms with Crippen LogP contribution in [0.2, 0.25) is 5.02 Å². The first-order valence-electron chi connectivity index (χ1n) is 10.6. The van der Waals surface area contributed by atoms with Gasteiger partial charge < -0.3 is 15.8 Å². The van der Waals surface area contributed by atoms with Gasteiger partial charge in [0.1, 0.15) is 5.75 Å². The number of primary amides is 1. The van der Waals surface area contributed by atoms with Crippen LogP contribution in [0, 0.1) is 11.3 Å². The second-order valence-electron chi connectivity index (χ2n) is 7.83. The third-order valence-electron chi connectivity index (χ3n) is 5.01. The van der Waals surface area contributed by atoms with Gasteiger partial charge in [-0.1, -0.05) is 48.0 Å². The number of ether oxygens (including phenoxy) is 1.